The molecule has 0 saturated heterocycles. The van der Waals surface area contributed by atoms with Gasteiger partial charge in [0.25, 0.3) is 11.7 Å². The van der Waals surface area contributed by atoms with E-state index < -0.39 is 17.7 Å². The van der Waals surface area contributed by atoms with Crippen molar-refractivity contribution in [3.63, 3.8) is 0 Å². The number of ether oxygens (including phenoxy) is 2. The second kappa shape index (κ2) is 7.72. The van der Waals surface area contributed by atoms with Crippen LogP contribution < -0.4 is 14.8 Å². The molecule has 0 aliphatic carbocycles. The van der Waals surface area contributed by atoms with Gasteiger partial charge in [0.15, 0.2) is 11.5 Å². The van der Waals surface area contributed by atoms with Crippen molar-refractivity contribution in [1.29, 1.82) is 0 Å². The fourth-order valence-electron chi connectivity index (χ4n) is 2.87. The van der Waals surface area contributed by atoms with Crippen LogP contribution in [0.4, 0.5) is 0 Å². The number of H-pyrrole nitrogens is 1. The number of amides is 1. The summed E-state index contributed by atoms with van der Waals surface area (Å²) in [4.78, 5) is 28.0. The van der Waals surface area contributed by atoms with E-state index in [-0.39, 0.29) is 5.56 Å². The lowest BCUT2D eigenvalue weighted by atomic mass is 10.1. The fraction of sp³-hybridized carbons (Fsp3) is 0.200. The first kappa shape index (κ1) is 18.8. The molecule has 6 nitrogen and oxygen atoms in total. The molecule has 0 saturated carbocycles. The van der Waals surface area contributed by atoms with Gasteiger partial charge in [-0.15, -0.1) is 0 Å². The summed E-state index contributed by atoms with van der Waals surface area (Å²) in [7, 11) is 3.09. The molecule has 3 rings (SSSR count). The number of benzene rings is 2. The van der Waals surface area contributed by atoms with Gasteiger partial charge in [-0.2, -0.15) is 0 Å². The normalized spacial score (nSPS) is 11.9. The van der Waals surface area contributed by atoms with Crippen LogP contribution in [0.2, 0.25) is 5.02 Å². The van der Waals surface area contributed by atoms with Crippen LogP contribution in [-0.4, -0.2) is 30.9 Å². The van der Waals surface area contributed by atoms with Crippen molar-refractivity contribution in [3.8, 4) is 11.5 Å². The lowest BCUT2D eigenvalue weighted by molar-refractivity contribution is -0.117. The number of rotatable bonds is 6. The summed E-state index contributed by atoms with van der Waals surface area (Å²) in [6.07, 6.45) is 1.52. The highest BCUT2D eigenvalue weighted by Gasteiger charge is 2.22. The van der Waals surface area contributed by atoms with Gasteiger partial charge in [-0.25, -0.2) is 0 Å². The number of carbonyl (C=O) groups is 2. The Morgan fingerprint density at radius 3 is 2.52 bits per heavy atom. The van der Waals surface area contributed by atoms with E-state index in [1.807, 2.05) is 6.07 Å². The Morgan fingerprint density at radius 2 is 1.81 bits per heavy atom. The SMILES string of the molecule is COc1ccc([C@H](C)NC(=O)C(=O)c2c[nH]c3ccc(Cl)cc23)cc1OC. The van der Waals surface area contributed by atoms with Crippen LogP contribution in [0.3, 0.4) is 0 Å². The van der Waals surface area contributed by atoms with Gasteiger partial charge in [-0.1, -0.05) is 17.7 Å². The number of halogens is 1. The van der Waals surface area contributed by atoms with Crippen molar-refractivity contribution in [3.05, 3.63) is 58.7 Å². The van der Waals surface area contributed by atoms with Gasteiger partial charge in [-0.3, -0.25) is 9.59 Å². The first-order valence-electron chi connectivity index (χ1n) is 8.28. The molecular weight excluding hydrogens is 368 g/mol. The van der Waals surface area contributed by atoms with Crippen LogP contribution >= 0.6 is 11.6 Å². The van der Waals surface area contributed by atoms with Gasteiger partial charge < -0.3 is 19.8 Å². The summed E-state index contributed by atoms with van der Waals surface area (Å²) in [5, 5.41) is 3.83. The van der Waals surface area contributed by atoms with Crippen molar-refractivity contribution in [1.82, 2.24) is 10.3 Å². The topological polar surface area (TPSA) is 80.4 Å². The maximum atomic E-state index is 12.6. The smallest absolute Gasteiger partial charge is 0.292 e. The standard InChI is InChI=1S/C20H19ClN2O4/c1-11(12-4-7-17(26-2)18(8-12)27-3)23-20(25)19(24)15-10-22-16-6-5-13(21)9-14(15)16/h4-11,22H,1-3H3,(H,23,25)/t11-/m0/s1. The fourth-order valence-corrected chi connectivity index (χ4v) is 3.04. The predicted octanol–water partition coefficient (Wildman–Crippen LogP) is 3.90. The molecule has 3 aromatic rings. The third kappa shape index (κ3) is 3.75. The average molecular weight is 387 g/mol. The molecule has 0 radical (unpaired) electrons. The number of carbonyl (C=O) groups excluding carboxylic acids is 2. The van der Waals surface area contributed by atoms with E-state index >= 15 is 0 Å². The van der Waals surface area contributed by atoms with Gasteiger partial charge in [0.05, 0.1) is 25.8 Å². The van der Waals surface area contributed by atoms with Gasteiger partial charge in [-0.05, 0) is 42.8 Å². The second-order valence-electron chi connectivity index (χ2n) is 6.03. The highest BCUT2D eigenvalue weighted by molar-refractivity contribution is 6.45. The molecule has 1 aromatic heterocycles. The van der Waals surface area contributed by atoms with Crippen molar-refractivity contribution >= 4 is 34.2 Å². The summed E-state index contributed by atoms with van der Waals surface area (Å²) < 4.78 is 10.5. The van der Waals surface area contributed by atoms with Gasteiger partial charge in [0.2, 0.25) is 0 Å². The largest absolute Gasteiger partial charge is 0.493 e. The van der Waals surface area contributed by atoms with E-state index in [9.17, 15) is 9.59 Å². The number of methoxy groups -OCH3 is 2. The first-order chi connectivity index (χ1) is 12.9. The molecule has 0 fully saturated rings. The number of aromatic amines is 1. The number of fused-ring (bicyclic) bond motifs is 1. The third-order valence-electron chi connectivity index (χ3n) is 4.35. The average Bonchev–Trinajstić information content (AvgIpc) is 3.09. The summed E-state index contributed by atoms with van der Waals surface area (Å²) in [6, 6.07) is 10.1. The quantitative estimate of drug-likeness (QED) is 0.497. The van der Waals surface area contributed by atoms with Crippen LogP contribution in [0.5, 0.6) is 11.5 Å². The lowest BCUT2D eigenvalue weighted by Crippen LogP contribution is -2.33. The van der Waals surface area contributed by atoms with Crippen LogP contribution in [0, 0.1) is 0 Å². The minimum Gasteiger partial charge on any atom is -0.493 e. The molecule has 1 atom stereocenters. The van der Waals surface area contributed by atoms with Crippen LogP contribution in [0.1, 0.15) is 28.9 Å². The molecule has 1 heterocycles. The number of ketones is 1. The molecule has 2 aromatic carbocycles. The molecule has 7 heteroatoms. The van der Waals surface area contributed by atoms with E-state index in [1.54, 1.807) is 44.4 Å². The van der Waals surface area contributed by atoms with Crippen molar-refractivity contribution in [2.75, 3.05) is 14.2 Å². The predicted molar refractivity (Wildman–Crippen MR) is 104 cm³/mol. The Balaban J connectivity index is 1.79. The molecule has 1 amide bonds. The Morgan fingerprint density at radius 1 is 1.07 bits per heavy atom. The van der Waals surface area contributed by atoms with Crippen molar-refractivity contribution in [2.24, 2.45) is 0 Å². The minimum atomic E-state index is -0.696. The number of aromatic nitrogens is 1. The zero-order valence-corrected chi connectivity index (χ0v) is 15.9. The Labute approximate surface area is 161 Å². The zero-order valence-electron chi connectivity index (χ0n) is 15.1. The molecule has 0 unspecified atom stereocenters. The van der Waals surface area contributed by atoms with E-state index in [1.165, 1.54) is 13.3 Å². The van der Waals surface area contributed by atoms with E-state index in [0.717, 1.165) is 11.1 Å². The van der Waals surface area contributed by atoms with Crippen LogP contribution in [0.15, 0.2) is 42.6 Å². The molecule has 0 aliphatic heterocycles. The molecule has 140 valence electrons. The van der Waals surface area contributed by atoms with Crippen LogP contribution in [0.25, 0.3) is 10.9 Å². The van der Waals surface area contributed by atoms with E-state index in [4.69, 9.17) is 21.1 Å². The van der Waals surface area contributed by atoms with Gasteiger partial charge in [0.1, 0.15) is 0 Å². The molecule has 0 bridgehead atoms. The van der Waals surface area contributed by atoms with Gasteiger partial charge in [0, 0.05) is 22.1 Å². The van der Waals surface area contributed by atoms with E-state index in [2.05, 4.69) is 10.3 Å². The van der Waals surface area contributed by atoms with E-state index in [0.29, 0.717) is 21.9 Å². The molecule has 0 spiro atoms. The highest BCUT2D eigenvalue weighted by atomic mass is 35.5. The summed E-state index contributed by atoms with van der Waals surface area (Å²) >= 11 is 6.00. The monoisotopic (exact) mass is 386 g/mol. The maximum Gasteiger partial charge on any atom is 0.292 e. The van der Waals surface area contributed by atoms with Crippen molar-refractivity contribution < 1.29 is 19.1 Å². The Kier molecular flexibility index (Phi) is 5.37. The number of nitrogens with one attached hydrogen (secondary N) is 2. The third-order valence-corrected chi connectivity index (χ3v) is 4.58. The molecule has 0 aliphatic rings. The summed E-state index contributed by atoms with van der Waals surface area (Å²) in [6.45, 7) is 1.79. The Hall–Kier alpha value is -2.99. The molecular formula is C20H19ClN2O4. The zero-order chi connectivity index (χ0) is 19.6. The number of Topliss-reactive ketones (excluding diaryl/α,β-unsaturated/α-hetero) is 1. The first-order valence-corrected chi connectivity index (χ1v) is 8.66. The lowest BCUT2D eigenvalue weighted by Gasteiger charge is -2.16. The van der Waals surface area contributed by atoms with Crippen LogP contribution in [-0.2, 0) is 4.79 Å². The summed E-state index contributed by atoms with van der Waals surface area (Å²) in [5.74, 6) is -0.186. The maximum absolute atomic E-state index is 12.6. The second-order valence-corrected chi connectivity index (χ2v) is 6.47. The van der Waals surface area contributed by atoms with Crippen molar-refractivity contribution in [2.45, 2.75) is 13.0 Å². The molecule has 27 heavy (non-hydrogen) atoms. The number of hydrogen-bond donors (Lipinski definition) is 2. The molecule has 2 N–H and O–H groups in total. The summed E-state index contributed by atoms with van der Waals surface area (Å²) in [5.41, 5.74) is 1.81. The highest BCUT2D eigenvalue weighted by Crippen LogP contribution is 2.30. The number of hydrogen-bond acceptors (Lipinski definition) is 4. The Bertz CT molecular complexity index is 1010. The minimum absolute atomic E-state index is 0.282. The van der Waals surface area contributed by atoms with Gasteiger partial charge >= 0.3 is 0 Å².